The second-order valence-electron chi connectivity index (χ2n) is 5.84. The highest BCUT2D eigenvalue weighted by Gasteiger charge is 2.26. The third-order valence-corrected chi connectivity index (χ3v) is 5.45. The normalized spacial score (nSPS) is 15.0. The zero-order valence-corrected chi connectivity index (χ0v) is 14.1. The van der Waals surface area contributed by atoms with Gasteiger partial charge in [-0.1, -0.05) is 12.1 Å². The van der Waals surface area contributed by atoms with Crippen LogP contribution < -0.4 is 10.6 Å². The Labute approximate surface area is 144 Å². The molecular weight excluding hydrogens is 350 g/mol. The van der Waals surface area contributed by atoms with Crippen LogP contribution in [-0.2, 0) is 21.1 Å². The van der Waals surface area contributed by atoms with E-state index in [-0.39, 0.29) is 11.9 Å². The van der Waals surface area contributed by atoms with Gasteiger partial charge >= 0.3 is 5.76 Å². The fourth-order valence-electron chi connectivity index (χ4n) is 2.70. The molecule has 8 heteroatoms. The fraction of sp³-hybridized carbons (Fsp3) is 0.235. The Kier molecular flexibility index (Phi) is 4.47. The summed E-state index contributed by atoms with van der Waals surface area (Å²) in [7, 11) is -4.59. The number of fused-ring (bicyclic) bond motifs is 1. The number of anilines is 2. The second-order valence-corrected chi connectivity index (χ2v) is 7.76. The number of halogens is 2. The Morgan fingerprint density at radius 1 is 1.12 bits per heavy atom. The molecule has 0 aliphatic carbocycles. The first-order chi connectivity index (χ1) is 11.8. The van der Waals surface area contributed by atoms with E-state index < -0.39 is 20.5 Å². The quantitative estimate of drug-likeness (QED) is 0.851. The summed E-state index contributed by atoms with van der Waals surface area (Å²) in [4.78, 5) is 11.0. The molecule has 5 nitrogen and oxygen atoms in total. The molecule has 2 aromatic carbocycles. The van der Waals surface area contributed by atoms with Crippen molar-refractivity contribution in [3.63, 3.8) is 0 Å². The maximum atomic E-state index is 12.5. The van der Waals surface area contributed by atoms with Crippen molar-refractivity contribution in [3.8, 4) is 0 Å². The summed E-state index contributed by atoms with van der Waals surface area (Å²) in [5, 5.41) is 5.95. The third kappa shape index (κ3) is 3.48. The Morgan fingerprint density at radius 2 is 1.80 bits per heavy atom. The number of alkyl halides is 2. The van der Waals surface area contributed by atoms with Crippen LogP contribution in [0.15, 0.2) is 47.4 Å². The highest BCUT2D eigenvalue weighted by molar-refractivity contribution is 7.91. The zero-order valence-electron chi connectivity index (χ0n) is 13.3. The molecule has 1 atom stereocenters. The van der Waals surface area contributed by atoms with E-state index in [0.717, 1.165) is 28.9 Å². The molecule has 25 heavy (non-hydrogen) atoms. The number of rotatable bonds is 5. The number of sulfone groups is 1. The van der Waals surface area contributed by atoms with Crippen molar-refractivity contribution < 1.29 is 22.0 Å². The van der Waals surface area contributed by atoms with Crippen molar-refractivity contribution in [3.05, 3.63) is 53.6 Å². The van der Waals surface area contributed by atoms with Crippen molar-refractivity contribution in [2.75, 3.05) is 10.6 Å². The van der Waals surface area contributed by atoms with Crippen molar-refractivity contribution in [2.24, 2.45) is 0 Å². The van der Waals surface area contributed by atoms with Gasteiger partial charge in [0, 0.05) is 17.4 Å². The van der Waals surface area contributed by atoms with Crippen LogP contribution in [0.3, 0.4) is 0 Å². The minimum atomic E-state index is -4.59. The maximum absolute atomic E-state index is 12.5. The van der Waals surface area contributed by atoms with Gasteiger partial charge in [-0.05, 0) is 48.4 Å². The molecule has 0 saturated carbocycles. The predicted octanol–water partition coefficient (Wildman–Crippen LogP) is 3.35. The summed E-state index contributed by atoms with van der Waals surface area (Å²) in [5.41, 5.74) is 3.30. The first-order valence-corrected chi connectivity index (χ1v) is 9.13. The average Bonchev–Trinajstić information content (AvgIpc) is 2.94. The highest BCUT2D eigenvalue weighted by atomic mass is 32.2. The fourth-order valence-corrected chi connectivity index (χ4v) is 3.42. The van der Waals surface area contributed by atoms with Crippen molar-refractivity contribution in [2.45, 2.75) is 30.0 Å². The summed E-state index contributed by atoms with van der Waals surface area (Å²) in [6, 6.07) is 10.8. The van der Waals surface area contributed by atoms with E-state index in [0.29, 0.717) is 12.1 Å². The Balaban J connectivity index is 1.75. The summed E-state index contributed by atoms with van der Waals surface area (Å²) in [6.45, 7) is 1.91. The van der Waals surface area contributed by atoms with E-state index in [1.54, 1.807) is 0 Å². The van der Waals surface area contributed by atoms with Gasteiger partial charge in [0.05, 0.1) is 11.3 Å². The predicted molar refractivity (Wildman–Crippen MR) is 90.4 cm³/mol. The van der Waals surface area contributed by atoms with Crippen LogP contribution in [-0.4, -0.2) is 20.1 Å². The van der Waals surface area contributed by atoms with E-state index in [1.165, 1.54) is 12.1 Å². The van der Waals surface area contributed by atoms with Crippen LogP contribution >= 0.6 is 0 Å². The van der Waals surface area contributed by atoms with Crippen molar-refractivity contribution in [1.82, 2.24) is 0 Å². The van der Waals surface area contributed by atoms with Crippen LogP contribution in [0.5, 0.6) is 0 Å². The molecule has 0 aromatic heterocycles. The average molecular weight is 366 g/mol. The molecular formula is C17H16F2N2O3S. The summed E-state index contributed by atoms with van der Waals surface area (Å²) < 4.78 is 47.9. The number of benzene rings is 2. The lowest BCUT2D eigenvalue weighted by atomic mass is 10.0. The summed E-state index contributed by atoms with van der Waals surface area (Å²) >= 11 is 0. The molecule has 132 valence electrons. The lowest BCUT2D eigenvalue weighted by Gasteiger charge is -2.17. The number of hydrogen-bond donors (Lipinski definition) is 2. The minimum absolute atomic E-state index is 0.0383. The number of amides is 1. The molecule has 1 aliphatic heterocycles. The molecule has 1 aliphatic rings. The molecule has 0 radical (unpaired) electrons. The van der Waals surface area contributed by atoms with Gasteiger partial charge in [0.2, 0.25) is 15.7 Å². The van der Waals surface area contributed by atoms with Gasteiger partial charge in [0.15, 0.2) is 0 Å². The molecule has 0 bridgehead atoms. The van der Waals surface area contributed by atoms with E-state index in [2.05, 4.69) is 10.6 Å². The molecule has 2 aromatic rings. The molecule has 0 fully saturated rings. The largest absolute Gasteiger partial charge is 0.379 e. The topological polar surface area (TPSA) is 75.3 Å². The molecule has 1 heterocycles. The molecule has 0 spiro atoms. The van der Waals surface area contributed by atoms with Crippen LogP contribution in [0.2, 0.25) is 0 Å². The van der Waals surface area contributed by atoms with Gasteiger partial charge in [-0.25, -0.2) is 8.42 Å². The van der Waals surface area contributed by atoms with E-state index in [4.69, 9.17) is 0 Å². The summed E-state index contributed by atoms with van der Waals surface area (Å²) in [5.74, 6) is -3.48. The molecule has 2 N–H and O–H groups in total. The maximum Gasteiger partial charge on any atom is 0.341 e. The van der Waals surface area contributed by atoms with E-state index in [1.807, 2.05) is 25.1 Å². The molecule has 3 rings (SSSR count). The lowest BCUT2D eigenvalue weighted by molar-refractivity contribution is -0.115. The van der Waals surface area contributed by atoms with Crippen LogP contribution in [0, 0.1) is 0 Å². The Morgan fingerprint density at radius 3 is 2.44 bits per heavy atom. The summed E-state index contributed by atoms with van der Waals surface area (Å²) in [6.07, 6.45) is 0.343. The first kappa shape index (κ1) is 17.3. The van der Waals surface area contributed by atoms with Crippen LogP contribution in [0.25, 0.3) is 0 Å². The molecule has 0 saturated heterocycles. The van der Waals surface area contributed by atoms with Gasteiger partial charge in [0.25, 0.3) is 0 Å². The monoisotopic (exact) mass is 366 g/mol. The van der Waals surface area contributed by atoms with Gasteiger partial charge in [-0.2, -0.15) is 8.78 Å². The van der Waals surface area contributed by atoms with E-state index >= 15 is 0 Å². The smallest absolute Gasteiger partial charge is 0.341 e. The van der Waals surface area contributed by atoms with Gasteiger partial charge in [-0.3, -0.25) is 4.79 Å². The highest BCUT2D eigenvalue weighted by Crippen LogP contribution is 2.28. The van der Waals surface area contributed by atoms with Gasteiger partial charge in [0.1, 0.15) is 0 Å². The second kappa shape index (κ2) is 6.44. The van der Waals surface area contributed by atoms with E-state index in [9.17, 15) is 22.0 Å². The molecule has 1 amide bonds. The third-order valence-electron chi connectivity index (χ3n) is 4.05. The number of nitrogens with one attached hydrogen (secondary N) is 2. The number of carbonyl (C=O) groups is 1. The van der Waals surface area contributed by atoms with Gasteiger partial charge < -0.3 is 10.6 Å². The van der Waals surface area contributed by atoms with Crippen molar-refractivity contribution in [1.29, 1.82) is 0 Å². The first-order valence-electron chi connectivity index (χ1n) is 7.58. The molecule has 0 unspecified atom stereocenters. The number of hydrogen-bond acceptors (Lipinski definition) is 4. The van der Waals surface area contributed by atoms with Gasteiger partial charge in [-0.15, -0.1) is 0 Å². The number of carbonyl (C=O) groups excluding carboxylic acids is 1. The lowest BCUT2D eigenvalue weighted by Crippen LogP contribution is -2.11. The SMILES string of the molecule is C[C@@H](Nc1ccc(S(=O)(=O)C(F)F)cc1)c1ccc2c(c1)CC(=O)N2. The zero-order chi connectivity index (χ0) is 18.2. The van der Waals surface area contributed by atoms with Crippen molar-refractivity contribution >= 4 is 27.1 Å². The minimum Gasteiger partial charge on any atom is -0.379 e. The Bertz CT molecular complexity index is 912. The van der Waals surface area contributed by atoms with Crippen LogP contribution in [0.4, 0.5) is 20.2 Å². The van der Waals surface area contributed by atoms with Crippen LogP contribution in [0.1, 0.15) is 24.1 Å². The standard InChI is InChI=1S/C17H16F2N2O3S/c1-10(11-2-7-15-12(8-11)9-16(22)21-15)20-13-3-5-14(6-4-13)25(23,24)17(18)19/h2-8,10,17,20H,9H2,1H3,(H,21,22)/t10-/m1/s1. The Hall–Kier alpha value is -2.48.